The molecule has 0 bridgehead atoms. The third-order valence-corrected chi connectivity index (χ3v) is 3.94. The minimum absolute atomic E-state index is 0.0540. The smallest absolute Gasteiger partial charge is 0.324 e. The number of aryl methyl sites for hydroxylation is 1. The monoisotopic (exact) mass is 370 g/mol. The molecule has 1 unspecified atom stereocenters. The summed E-state index contributed by atoms with van der Waals surface area (Å²) in [4.78, 5) is 28.5. The maximum atomic E-state index is 13.2. The summed E-state index contributed by atoms with van der Waals surface area (Å²) < 4.78 is 27.4. The highest BCUT2D eigenvalue weighted by molar-refractivity contribution is 5.93. The summed E-state index contributed by atoms with van der Waals surface area (Å²) in [6.07, 6.45) is 1.39. The minimum Gasteiger partial charge on any atom is -0.324 e. The summed E-state index contributed by atoms with van der Waals surface area (Å²) >= 11 is 0. The number of carbonyl (C=O) groups excluding carboxylic acids is 1. The Bertz CT molecular complexity index is 1030. The van der Waals surface area contributed by atoms with E-state index in [1.165, 1.54) is 13.1 Å². The molecule has 1 amide bonds. The van der Waals surface area contributed by atoms with Crippen LogP contribution in [-0.2, 0) is 4.79 Å². The number of hydrogen-bond donors (Lipinski definition) is 1. The topological polar surface area (TPSA) is 76.9 Å². The third-order valence-electron chi connectivity index (χ3n) is 3.94. The Morgan fingerprint density at radius 1 is 1.11 bits per heavy atom. The van der Waals surface area contributed by atoms with E-state index in [-0.39, 0.29) is 5.69 Å². The van der Waals surface area contributed by atoms with Gasteiger partial charge in [0.1, 0.15) is 17.7 Å². The lowest BCUT2D eigenvalue weighted by molar-refractivity contribution is -0.119. The van der Waals surface area contributed by atoms with Gasteiger partial charge in [-0.15, -0.1) is 0 Å². The van der Waals surface area contributed by atoms with Crippen molar-refractivity contribution in [2.24, 2.45) is 0 Å². The van der Waals surface area contributed by atoms with Gasteiger partial charge in [0.2, 0.25) is 5.91 Å². The van der Waals surface area contributed by atoms with E-state index in [1.54, 1.807) is 0 Å². The second-order valence-electron chi connectivity index (χ2n) is 6.06. The van der Waals surface area contributed by atoms with E-state index in [9.17, 15) is 18.4 Å². The molecular formula is C19H16F2N4O2. The summed E-state index contributed by atoms with van der Waals surface area (Å²) in [6, 6.07) is 9.02. The number of aromatic nitrogens is 3. The van der Waals surface area contributed by atoms with Crippen molar-refractivity contribution in [1.29, 1.82) is 0 Å². The molecule has 1 N–H and O–H groups in total. The van der Waals surface area contributed by atoms with Crippen LogP contribution >= 0.6 is 0 Å². The predicted octanol–water partition coefficient (Wildman–Crippen LogP) is 3.09. The molecule has 3 aromatic rings. The van der Waals surface area contributed by atoms with Crippen LogP contribution in [0.25, 0.3) is 11.3 Å². The average Bonchev–Trinajstić information content (AvgIpc) is 2.60. The Morgan fingerprint density at radius 2 is 1.74 bits per heavy atom. The Labute approximate surface area is 153 Å². The molecule has 0 aliphatic rings. The highest BCUT2D eigenvalue weighted by Crippen LogP contribution is 2.17. The highest BCUT2D eigenvalue weighted by Gasteiger charge is 2.19. The lowest BCUT2D eigenvalue weighted by atomic mass is 10.1. The number of anilines is 1. The zero-order valence-electron chi connectivity index (χ0n) is 14.6. The molecule has 138 valence electrons. The van der Waals surface area contributed by atoms with Crippen LogP contribution in [0.2, 0.25) is 0 Å². The largest absolute Gasteiger partial charge is 0.365 e. The van der Waals surface area contributed by atoms with Crippen LogP contribution in [0, 0.1) is 18.6 Å². The van der Waals surface area contributed by atoms with Gasteiger partial charge in [0.15, 0.2) is 0 Å². The Morgan fingerprint density at radius 3 is 2.33 bits per heavy atom. The molecule has 6 nitrogen and oxygen atoms in total. The fourth-order valence-corrected chi connectivity index (χ4v) is 2.46. The molecule has 3 rings (SSSR count). The molecule has 0 aliphatic carbocycles. The van der Waals surface area contributed by atoms with Crippen molar-refractivity contribution in [3.05, 3.63) is 76.3 Å². The molecule has 0 aliphatic heterocycles. The lowest BCUT2D eigenvalue weighted by Crippen LogP contribution is -2.34. The van der Waals surface area contributed by atoms with Gasteiger partial charge in [0.25, 0.3) is 0 Å². The molecule has 0 spiro atoms. The van der Waals surface area contributed by atoms with Crippen molar-refractivity contribution >= 4 is 11.6 Å². The normalized spacial score (nSPS) is 11.9. The quantitative estimate of drug-likeness (QED) is 0.766. The predicted molar refractivity (Wildman–Crippen MR) is 96.2 cm³/mol. The first kappa shape index (κ1) is 18.4. The van der Waals surface area contributed by atoms with Crippen LogP contribution in [0.3, 0.4) is 0 Å². The van der Waals surface area contributed by atoms with Gasteiger partial charge in [0, 0.05) is 17.3 Å². The van der Waals surface area contributed by atoms with E-state index in [0.717, 1.165) is 27.9 Å². The SMILES string of the molecule is Cc1ccc(-c2cnn(C(C)C(=O)Nc3cc(F)cc(F)c3)c(=O)n2)cc1. The molecule has 1 aromatic heterocycles. The van der Waals surface area contributed by atoms with Gasteiger partial charge >= 0.3 is 5.69 Å². The number of halogens is 2. The zero-order valence-corrected chi connectivity index (χ0v) is 14.6. The first-order chi connectivity index (χ1) is 12.8. The molecular weight excluding hydrogens is 354 g/mol. The van der Waals surface area contributed by atoms with Gasteiger partial charge < -0.3 is 5.32 Å². The molecule has 0 saturated carbocycles. The fraction of sp³-hybridized carbons (Fsp3) is 0.158. The maximum Gasteiger partial charge on any atom is 0.365 e. The van der Waals surface area contributed by atoms with Gasteiger partial charge in [-0.1, -0.05) is 29.8 Å². The number of nitrogens with one attached hydrogen (secondary N) is 1. The minimum atomic E-state index is -1.02. The maximum absolute atomic E-state index is 13.2. The van der Waals surface area contributed by atoms with Crippen LogP contribution in [0.5, 0.6) is 0 Å². The first-order valence-corrected chi connectivity index (χ1v) is 8.13. The summed E-state index contributed by atoms with van der Waals surface area (Å²) in [5.41, 5.74) is 1.42. The summed E-state index contributed by atoms with van der Waals surface area (Å²) in [5.74, 6) is -2.30. The Balaban J connectivity index is 1.81. The molecule has 0 saturated heterocycles. The molecule has 27 heavy (non-hydrogen) atoms. The number of nitrogens with zero attached hydrogens (tertiary/aromatic N) is 3. The van der Waals surface area contributed by atoms with E-state index in [0.29, 0.717) is 11.8 Å². The van der Waals surface area contributed by atoms with Crippen LogP contribution in [0.15, 0.2) is 53.5 Å². The van der Waals surface area contributed by atoms with E-state index in [1.807, 2.05) is 31.2 Å². The summed E-state index contributed by atoms with van der Waals surface area (Å²) in [5, 5.41) is 6.36. The Kier molecular flexibility index (Phi) is 5.07. The number of carbonyl (C=O) groups is 1. The molecule has 1 atom stereocenters. The fourth-order valence-electron chi connectivity index (χ4n) is 2.46. The molecule has 1 heterocycles. The number of rotatable bonds is 4. The van der Waals surface area contributed by atoms with E-state index in [2.05, 4.69) is 15.4 Å². The van der Waals surface area contributed by atoms with Crippen molar-refractivity contribution in [3.8, 4) is 11.3 Å². The van der Waals surface area contributed by atoms with E-state index >= 15 is 0 Å². The van der Waals surface area contributed by atoms with Crippen LogP contribution in [0.1, 0.15) is 18.5 Å². The van der Waals surface area contributed by atoms with Crippen molar-refractivity contribution in [1.82, 2.24) is 14.8 Å². The highest BCUT2D eigenvalue weighted by atomic mass is 19.1. The van der Waals surface area contributed by atoms with Crippen LogP contribution in [0.4, 0.5) is 14.5 Å². The van der Waals surface area contributed by atoms with Crippen molar-refractivity contribution in [2.75, 3.05) is 5.32 Å². The molecule has 0 fully saturated rings. The number of amides is 1. The van der Waals surface area contributed by atoms with Gasteiger partial charge in [0.05, 0.1) is 11.9 Å². The van der Waals surface area contributed by atoms with Gasteiger partial charge in [-0.05, 0) is 26.0 Å². The Hall–Kier alpha value is -3.42. The summed E-state index contributed by atoms with van der Waals surface area (Å²) in [6.45, 7) is 3.38. The summed E-state index contributed by atoms with van der Waals surface area (Å²) in [7, 11) is 0. The molecule has 8 heteroatoms. The number of benzene rings is 2. The van der Waals surface area contributed by atoms with Gasteiger partial charge in [-0.2, -0.15) is 10.1 Å². The van der Waals surface area contributed by atoms with Crippen molar-refractivity contribution in [2.45, 2.75) is 19.9 Å². The lowest BCUT2D eigenvalue weighted by Gasteiger charge is -2.14. The van der Waals surface area contributed by atoms with Crippen molar-refractivity contribution in [3.63, 3.8) is 0 Å². The van der Waals surface area contributed by atoms with E-state index in [4.69, 9.17) is 0 Å². The second-order valence-corrected chi connectivity index (χ2v) is 6.06. The number of hydrogen-bond acceptors (Lipinski definition) is 4. The molecule has 2 aromatic carbocycles. The average molecular weight is 370 g/mol. The van der Waals surface area contributed by atoms with Gasteiger partial charge in [-0.25, -0.2) is 18.3 Å². The van der Waals surface area contributed by atoms with Crippen LogP contribution < -0.4 is 11.0 Å². The first-order valence-electron chi connectivity index (χ1n) is 8.13. The van der Waals surface area contributed by atoms with Crippen LogP contribution in [-0.4, -0.2) is 20.7 Å². The zero-order chi connectivity index (χ0) is 19.6. The van der Waals surface area contributed by atoms with Gasteiger partial charge in [-0.3, -0.25) is 4.79 Å². The van der Waals surface area contributed by atoms with Crippen molar-refractivity contribution < 1.29 is 13.6 Å². The second kappa shape index (κ2) is 7.45. The standard InChI is InChI=1S/C19H16F2N4O2/c1-11-3-5-13(6-4-11)17-10-22-25(19(27)24-17)12(2)18(26)23-16-8-14(20)7-15(21)9-16/h3-10,12H,1-2H3,(H,23,26). The van der Waals surface area contributed by atoms with E-state index < -0.39 is 29.3 Å². The molecule has 0 radical (unpaired) electrons. The third kappa shape index (κ3) is 4.22.